The van der Waals surface area contributed by atoms with E-state index in [1.54, 1.807) is 49.4 Å². The van der Waals surface area contributed by atoms with Crippen LogP contribution in [0.15, 0.2) is 42.5 Å². The van der Waals surface area contributed by atoms with Gasteiger partial charge in [0.05, 0.1) is 5.56 Å². The lowest BCUT2D eigenvalue weighted by Gasteiger charge is -2.11. The van der Waals surface area contributed by atoms with Gasteiger partial charge in [-0.1, -0.05) is 30.3 Å². The molecule has 0 heterocycles. The van der Waals surface area contributed by atoms with Gasteiger partial charge in [-0.15, -0.1) is 0 Å². The molecule has 0 atom stereocenters. The van der Waals surface area contributed by atoms with Crippen molar-refractivity contribution < 1.29 is 14.3 Å². The molecule has 2 aromatic carbocycles. The first-order chi connectivity index (χ1) is 10.0. The summed E-state index contributed by atoms with van der Waals surface area (Å²) in [7, 11) is 0. The fourth-order valence-electron chi connectivity index (χ4n) is 2.07. The fourth-order valence-corrected chi connectivity index (χ4v) is 2.07. The van der Waals surface area contributed by atoms with Gasteiger partial charge in [-0.25, -0.2) is 4.79 Å². The molecule has 0 radical (unpaired) electrons. The average Bonchev–Trinajstić information content (AvgIpc) is 2.45. The van der Waals surface area contributed by atoms with Crippen molar-refractivity contribution in [3.63, 3.8) is 0 Å². The number of aryl methyl sites for hydroxylation is 1. The van der Waals surface area contributed by atoms with E-state index in [9.17, 15) is 9.59 Å². The molecule has 0 saturated carbocycles. The highest BCUT2D eigenvalue weighted by atomic mass is 16.5. The Morgan fingerprint density at radius 1 is 1.10 bits per heavy atom. The number of ether oxygens (including phenoxy) is 1. The number of hydrogen-bond acceptors (Lipinski definition) is 4. The number of nitrogens with two attached hydrogens (primary N) is 2. The lowest BCUT2D eigenvalue weighted by atomic mass is 10.1. The molecule has 0 fully saturated rings. The summed E-state index contributed by atoms with van der Waals surface area (Å²) in [6, 6.07) is 11.9. The SMILES string of the molecule is Cc1cccc(N)c1C(=O)OCc1ccccc1C(N)=O. The van der Waals surface area contributed by atoms with Gasteiger partial charge in [0.2, 0.25) is 5.91 Å². The third-order valence-corrected chi connectivity index (χ3v) is 3.15. The van der Waals surface area contributed by atoms with E-state index in [0.717, 1.165) is 5.56 Å². The van der Waals surface area contributed by atoms with Crippen LogP contribution in [0.2, 0.25) is 0 Å². The summed E-state index contributed by atoms with van der Waals surface area (Å²) in [6.07, 6.45) is 0. The van der Waals surface area contributed by atoms with Crippen molar-refractivity contribution in [1.82, 2.24) is 0 Å². The third kappa shape index (κ3) is 3.20. The zero-order chi connectivity index (χ0) is 15.4. The predicted octanol–water partition coefficient (Wildman–Crippen LogP) is 2.03. The summed E-state index contributed by atoms with van der Waals surface area (Å²) < 4.78 is 5.24. The number of nitrogen functional groups attached to an aromatic ring is 1. The minimum absolute atomic E-state index is 0.0360. The number of benzene rings is 2. The van der Waals surface area contributed by atoms with Crippen LogP contribution in [0.1, 0.15) is 31.8 Å². The largest absolute Gasteiger partial charge is 0.457 e. The molecule has 5 heteroatoms. The molecule has 0 aliphatic carbocycles. The highest BCUT2D eigenvalue weighted by molar-refractivity contribution is 5.97. The van der Waals surface area contributed by atoms with Gasteiger partial charge < -0.3 is 16.2 Å². The van der Waals surface area contributed by atoms with Gasteiger partial charge in [0.15, 0.2) is 0 Å². The number of carbonyl (C=O) groups is 2. The Balaban J connectivity index is 2.17. The van der Waals surface area contributed by atoms with E-state index in [2.05, 4.69) is 0 Å². The molecule has 21 heavy (non-hydrogen) atoms. The first-order valence-electron chi connectivity index (χ1n) is 6.40. The van der Waals surface area contributed by atoms with Gasteiger partial charge in [0.25, 0.3) is 0 Å². The Hall–Kier alpha value is -2.82. The Labute approximate surface area is 122 Å². The number of rotatable bonds is 4. The topological polar surface area (TPSA) is 95.4 Å². The van der Waals surface area contributed by atoms with Crippen LogP contribution >= 0.6 is 0 Å². The third-order valence-electron chi connectivity index (χ3n) is 3.15. The van der Waals surface area contributed by atoms with Crippen molar-refractivity contribution in [2.45, 2.75) is 13.5 Å². The quantitative estimate of drug-likeness (QED) is 0.663. The van der Waals surface area contributed by atoms with Crippen LogP contribution in [-0.2, 0) is 11.3 Å². The number of esters is 1. The van der Waals surface area contributed by atoms with E-state index in [1.165, 1.54) is 0 Å². The highest BCUT2D eigenvalue weighted by Gasteiger charge is 2.15. The van der Waals surface area contributed by atoms with Crippen LogP contribution in [0.3, 0.4) is 0 Å². The summed E-state index contributed by atoms with van der Waals surface area (Å²) >= 11 is 0. The number of hydrogen-bond donors (Lipinski definition) is 2. The zero-order valence-electron chi connectivity index (χ0n) is 11.6. The van der Waals surface area contributed by atoms with E-state index >= 15 is 0 Å². The van der Waals surface area contributed by atoms with Crippen molar-refractivity contribution in [3.8, 4) is 0 Å². The van der Waals surface area contributed by atoms with Gasteiger partial charge in [-0.05, 0) is 24.6 Å². The monoisotopic (exact) mass is 284 g/mol. The average molecular weight is 284 g/mol. The lowest BCUT2D eigenvalue weighted by molar-refractivity contribution is 0.0471. The standard InChI is InChI=1S/C16H16N2O3/c1-10-5-4-8-13(17)14(10)16(20)21-9-11-6-2-3-7-12(11)15(18)19/h2-8H,9,17H2,1H3,(H2,18,19). The summed E-state index contributed by atoms with van der Waals surface area (Å²) in [6.45, 7) is 1.75. The number of carbonyl (C=O) groups excluding carboxylic acids is 2. The maximum atomic E-state index is 12.1. The molecule has 1 amide bonds. The number of anilines is 1. The molecule has 4 N–H and O–H groups in total. The molecule has 0 unspecified atom stereocenters. The first kappa shape index (κ1) is 14.6. The Kier molecular flexibility index (Phi) is 4.23. The normalized spacial score (nSPS) is 10.1. The second kappa shape index (κ2) is 6.09. The predicted molar refractivity (Wildman–Crippen MR) is 79.7 cm³/mol. The van der Waals surface area contributed by atoms with Gasteiger partial charge in [0, 0.05) is 16.8 Å². The van der Waals surface area contributed by atoms with Gasteiger partial charge in [0.1, 0.15) is 6.61 Å². The molecule has 0 spiro atoms. The Morgan fingerprint density at radius 3 is 2.48 bits per heavy atom. The van der Waals surface area contributed by atoms with Crippen LogP contribution in [0.4, 0.5) is 5.69 Å². The second-order valence-corrected chi connectivity index (χ2v) is 4.64. The van der Waals surface area contributed by atoms with E-state index in [0.29, 0.717) is 22.4 Å². The van der Waals surface area contributed by atoms with Crippen molar-refractivity contribution in [1.29, 1.82) is 0 Å². The van der Waals surface area contributed by atoms with Crippen LogP contribution in [0.25, 0.3) is 0 Å². The summed E-state index contributed by atoms with van der Waals surface area (Å²) in [5, 5.41) is 0. The van der Waals surface area contributed by atoms with Crippen molar-refractivity contribution in [3.05, 3.63) is 64.7 Å². The fraction of sp³-hybridized carbons (Fsp3) is 0.125. The van der Waals surface area contributed by atoms with Gasteiger partial charge in [-0.2, -0.15) is 0 Å². The molecular weight excluding hydrogens is 268 g/mol. The maximum Gasteiger partial charge on any atom is 0.340 e. The van der Waals surface area contributed by atoms with Crippen LogP contribution in [0, 0.1) is 6.92 Å². The van der Waals surface area contributed by atoms with Crippen LogP contribution in [-0.4, -0.2) is 11.9 Å². The molecule has 0 aromatic heterocycles. The molecule has 0 bridgehead atoms. The summed E-state index contributed by atoms with van der Waals surface area (Å²) in [4.78, 5) is 23.4. The smallest absolute Gasteiger partial charge is 0.340 e. The molecule has 108 valence electrons. The lowest BCUT2D eigenvalue weighted by Crippen LogP contribution is -2.16. The van der Waals surface area contributed by atoms with Gasteiger partial charge >= 0.3 is 5.97 Å². The molecule has 2 aromatic rings. The molecule has 0 saturated heterocycles. The van der Waals surface area contributed by atoms with Crippen LogP contribution < -0.4 is 11.5 Å². The van der Waals surface area contributed by atoms with Gasteiger partial charge in [-0.3, -0.25) is 4.79 Å². The number of primary amides is 1. The molecule has 2 rings (SSSR count). The van der Waals surface area contributed by atoms with Crippen molar-refractivity contribution in [2.75, 3.05) is 5.73 Å². The first-order valence-corrected chi connectivity index (χ1v) is 6.40. The zero-order valence-corrected chi connectivity index (χ0v) is 11.6. The highest BCUT2D eigenvalue weighted by Crippen LogP contribution is 2.18. The number of amides is 1. The molecular formula is C16H16N2O3. The van der Waals surface area contributed by atoms with E-state index in [1.807, 2.05) is 0 Å². The van der Waals surface area contributed by atoms with Crippen molar-refractivity contribution in [2.24, 2.45) is 5.73 Å². The minimum atomic E-state index is -0.558. The van der Waals surface area contributed by atoms with E-state index in [4.69, 9.17) is 16.2 Å². The van der Waals surface area contributed by atoms with Crippen LogP contribution in [0.5, 0.6) is 0 Å². The minimum Gasteiger partial charge on any atom is -0.457 e. The Bertz CT molecular complexity index is 675. The van der Waals surface area contributed by atoms with E-state index < -0.39 is 11.9 Å². The summed E-state index contributed by atoms with van der Waals surface area (Å²) in [5.41, 5.74) is 13.4. The van der Waals surface area contributed by atoms with E-state index in [-0.39, 0.29) is 6.61 Å². The molecule has 0 aliphatic rings. The molecule has 0 aliphatic heterocycles. The molecule has 5 nitrogen and oxygen atoms in total. The Morgan fingerprint density at radius 2 is 1.81 bits per heavy atom. The maximum absolute atomic E-state index is 12.1. The summed E-state index contributed by atoms with van der Waals surface area (Å²) in [5.74, 6) is -1.08. The second-order valence-electron chi connectivity index (χ2n) is 4.64. The van der Waals surface area contributed by atoms with Crippen molar-refractivity contribution >= 4 is 17.6 Å².